The molecule has 104 valence electrons. The molecular weight excluding hydrogens is 288 g/mol. The molecule has 18 heavy (non-hydrogen) atoms. The van der Waals surface area contributed by atoms with E-state index in [1.807, 2.05) is 4.90 Å². The van der Waals surface area contributed by atoms with Crippen LogP contribution in [-0.2, 0) is 6.18 Å². The van der Waals surface area contributed by atoms with E-state index in [0.717, 1.165) is 19.0 Å². The van der Waals surface area contributed by atoms with Crippen molar-refractivity contribution >= 4 is 30.5 Å². The summed E-state index contributed by atoms with van der Waals surface area (Å²) in [6.45, 7) is 1.35. The van der Waals surface area contributed by atoms with Crippen LogP contribution in [0, 0.1) is 0 Å². The number of hydrogen-bond acceptors (Lipinski definition) is 2. The van der Waals surface area contributed by atoms with Gasteiger partial charge in [-0.3, -0.25) is 0 Å². The Morgan fingerprint density at radius 3 is 2.39 bits per heavy atom. The van der Waals surface area contributed by atoms with Crippen LogP contribution >= 0.6 is 24.8 Å². The highest BCUT2D eigenvalue weighted by Gasteiger charge is 2.31. The number of alkyl halides is 3. The Bertz CT molecular complexity index is 385. The van der Waals surface area contributed by atoms with Gasteiger partial charge in [0.15, 0.2) is 0 Å². The van der Waals surface area contributed by atoms with E-state index in [9.17, 15) is 13.2 Å². The smallest absolute Gasteiger partial charge is 0.370 e. The zero-order valence-electron chi connectivity index (χ0n) is 9.48. The molecule has 1 aliphatic rings. The number of hydrogen-bond donors (Lipinski definition) is 1. The van der Waals surface area contributed by atoms with Gasteiger partial charge in [-0.05, 0) is 24.6 Å². The fourth-order valence-electron chi connectivity index (χ4n) is 1.90. The van der Waals surface area contributed by atoms with Gasteiger partial charge < -0.3 is 10.6 Å². The molecule has 2 nitrogen and oxygen atoms in total. The van der Waals surface area contributed by atoms with Crippen LogP contribution in [0.25, 0.3) is 0 Å². The lowest BCUT2D eigenvalue weighted by Crippen LogP contribution is -2.26. The van der Waals surface area contributed by atoms with Crippen molar-refractivity contribution in [1.82, 2.24) is 0 Å². The van der Waals surface area contributed by atoms with Crippen LogP contribution in [0.2, 0.25) is 0 Å². The van der Waals surface area contributed by atoms with E-state index < -0.39 is 11.7 Å². The lowest BCUT2D eigenvalue weighted by molar-refractivity contribution is -0.137. The third-order valence-corrected chi connectivity index (χ3v) is 2.76. The molecule has 0 aliphatic carbocycles. The number of rotatable bonds is 1. The minimum absolute atomic E-state index is 0. The molecule has 0 saturated carbocycles. The van der Waals surface area contributed by atoms with Gasteiger partial charge in [0.2, 0.25) is 0 Å². The van der Waals surface area contributed by atoms with Gasteiger partial charge in [0, 0.05) is 24.8 Å². The van der Waals surface area contributed by atoms with Crippen LogP contribution in [0.1, 0.15) is 12.0 Å². The van der Waals surface area contributed by atoms with Crippen molar-refractivity contribution in [3.63, 3.8) is 0 Å². The van der Waals surface area contributed by atoms with Crippen molar-refractivity contribution in [1.29, 1.82) is 0 Å². The van der Waals surface area contributed by atoms with Crippen molar-refractivity contribution in [2.24, 2.45) is 5.73 Å². The number of benzene rings is 1. The van der Waals surface area contributed by atoms with Crippen LogP contribution in [0.5, 0.6) is 0 Å². The Hall–Kier alpha value is -0.650. The van der Waals surface area contributed by atoms with E-state index in [4.69, 9.17) is 5.73 Å². The molecule has 2 rings (SSSR count). The van der Waals surface area contributed by atoms with Gasteiger partial charge in [-0.1, -0.05) is 6.07 Å². The Balaban J connectivity index is 0.00000144. The second-order valence-electron chi connectivity index (χ2n) is 4.04. The van der Waals surface area contributed by atoms with Crippen LogP contribution in [-0.4, -0.2) is 19.1 Å². The molecule has 0 amide bonds. The molecule has 0 bridgehead atoms. The highest BCUT2D eigenvalue weighted by atomic mass is 35.5. The first-order valence-corrected chi connectivity index (χ1v) is 5.14. The van der Waals surface area contributed by atoms with Gasteiger partial charge in [-0.25, -0.2) is 0 Å². The second-order valence-corrected chi connectivity index (χ2v) is 4.04. The lowest BCUT2D eigenvalue weighted by atomic mass is 10.2. The maximum Gasteiger partial charge on any atom is 0.416 e. The number of anilines is 1. The summed E-state index contributed by atoms with van der Waals surface area (Å²) < 4.78 is 37.5. The third kappa shape index (κ3) is 3.93. The van der Waals surface area contributed by atoms with Gasteiger partial charge in [-0.2, -0.15) is 13.2 Å². The summed E-state index contributed by atoms with van der Waals surface area (Å²) in [6.07, 6.45) is -3.45. The summed E-state index contributed by atoms with van der Waals surface area (Å²) in [6, 6.07) is 5.45. The number of nitrogens with two attached hydrogens (primary N) is 1. The zero-order valence-corrected chi connectivity index (χ0v) is 11.1. The van der Waals surface area contributed by atoms with Crippen molar-refractivity contribution in [2.75, 3.05) is 18.0 Å². The first-order chi connectivity index (χ1) is 7.47. The molecule has 1 atom stereocenters. The minimum Gasteiger partial charge on any atom is -0.370 e. The largest absolute Gasteiger partial charge is 0.416 e. The fraction of sp³-hybridized carbons (Fsp3) is 0.455. The van der Waals surface area contributed by atoms with Gasteiger partial charge >= 0.3 is 6.18 Å². The first-order valence-electron chi connectivity index (χ1n) is 5.14. The summed E-state index contributed by atoms with van der Waals surface area (Å²) in [5.41, 5.74) is 5.72. The summed E-state index contributed by atoms with van der Waals surface area (Å²) in [5, 5.41) is 0. The maximum absolute atomic E-state index is 12.5. The van der Waals surface area contributed by atoms with Crippen LogP contribution < -0.4 is 10.6 Å². The molecule has 1 unspecified atom stereocenters. The van der Waals surface area contributed by atoms with Crippen molar-refractivity contribution < 1.29 is 13.2 Å². The van der Waals surface area contributed by atoms with Crippen molar-refractivity contribution in [3.05, 3.63) is 29.8 Å². The molecule has 0 radical (unpaired) electrons. The SMILES string of the molecule is Cl.Cl.NC1CCN(c2cccc(C(F)(F)F)c2)C1. The van der Waals surface area contributed by atoms with Crippen LogP contribution in [0.3, 0.4) is 0 Å². The predicted molar refractivity (Wildman–Crippen MR) is 70.7 cm³/mol. The molecule has 0 aromatic heterocycles. The van der Waals surface area contributed by atoms with Gasteiger partial charge in [0.1, 0.15) is 0 Å². The zero-order chi connectivity index (χ0) is 11.8. The van der Waals surface area contributed by atoms with Gasteiger partial charge in [0.05, 0.1) is 5.56 Å². The third-order valence-electron chi connectivity index (χ3n) is 2.76. The summed E-state index contributed by atoms with van der Waals surface area (Å²) in [7, 11) is 0. The van der Waals surface area contributed by atoms with Crippen molar-refractivity contribution in [2.45, 2.75) is 18.6 Å². The average molecular weight is 303 g/mol. The first kappa shape index (κ1) is 17.4. The Morgan fingerprint density at radius 2 is 1.89 bits per heavy atom. The van der Waals surface area contributed by atoms with E-state index in [1.165, 1.54) is 12.1 Å². The van der Waals surface area contributed by atoms with E-state index >= 15 is 0 Å². The van der Waals surface area contributed by atoms with E-state index in [1.54, 1.807) is 6.07 Å². The van der Waals surface area contributed by atoms with Crippen LogP contribution in [0.15, 0.2) is 24.3 Å². The molecule has 1 fully saturated rings. The lowest BCUT2D eigenvalue weighted by Gasteiger charge is -2.19. The fourth-order valence-corrected chi connectivity index (χ4v) is 1.90. The molecule has 7 heteroatoms. The minimum atomic E-state index is -4.28. The molecule has 1 saturated heterocycles. The van der Waals surface area contributed by atoms with E-state index in [0.29, 0.717) is 12.2 Å². The highest BCUT2D eigenvalue weighted by molar-refractivity contribution is 5.85. The Kier molecular flexibility index (Phi) is 6.26. The average Bonchev–Trinajstić information content (AvgIpc) is 2.64. The van der Waals surface area contributed by atoms with Gasteiger partial charge in [0.25, 0.3) is 0 Å². The van der Waals surface area contributed by atoms with Crippen LogP contribution in [0.4, 0.5) is 18.9 Å². The summed E-state index contributed by atoms with van der Waals surface area (Å²) >= 11 is 0. The Morgan fingerprint density at radius 1 is 1.22 bits per heavy atom. The standard InChI is InChI=1S/C11H13F3N2.2ClH/c12-11(13,14)8-2-1-3-10(6-8)16-5-4-9(15)7-16;;/h1-3,6,9H,4-5,7,15H2;2*1H. The molecular formula is C11H15Cl2F3N2. The Labute approximate surface area is 116 Å². The van der Waals surface area contributed by atoms with Crippen molar-refractivity contribution in [3.8, 4) is 0 Å². The number of nitrogens with zero attached hydrogens (tertiary/aromatic N) is 1. The normalized spacial score (nSPS) is 19.1. The maximum atomic E-state index is 12.5. The van der Waals surface area contributed by atoms with E-state index in [-0.39, 0.29) is 30.9 Å². The predicted octanol–water partition coefficient (Wildman–Crippen LogP) is 3.09. The van der Waals surface area contributed by atoms with Gasteiger partial charge in [-0.15, -0.1) is 24.8 Å². The highest BCUT2D eigenvalue weighted by Crippen LogP contribution is 2.32. The summed E-state index contributed by atoms with van der Waals surface area (Å²) in [5.74, 6) is 0. The molecule has 2 N–H and O–H groups in total. The molecule has 1 aliphatic heterocycles. The molecule has 1 heterocycles. The second kappa shape index (κ2) is 6.50. The number of halogens is 5. The topological polar surface area (TPSA) is 29.3 Å². The molecule has 1 aromatic rings. The monoisotopic (exact) mass is 302 g/mol. The molecule has 1 aromatic carbocycles. The summed E-state index contributed by atoms with van der Waals surface area (Å²) in [4.78, 5) is 1.89. The van der Waals surface area contributed by atoms with E-state index in [2.05, 4.69) is 0 Å². The molecule has 0 spiro atoms. The quantitative estimate of drug-likeness (QED) is 0.864.